The summed E-state index contributed by atoms with van der Waals surface area (Å²) in [5.41, 5.74) is -1.38. The van der Waals surface area contributed by atoms with Gasteiger partial charge < -0.3 is 15.2 Å². The maximum Gasteiger partial charge on any atom is 0.311 e. The van der Waals surface area contributed by atoms with E-state index in [0.717, 1.165) is 6.07 Å². The standard InChI is InChI=1S/C14H18N2O6/c1-4-22-11-6-5-9(7-10(11)16(20)21)12(17)15-8-14(2,3)13(18)19/h5-7H,4,8H2,1-3H3,(H,15,17)(H,18,19). The number of rotatable bonds is 7. The summed E-state index contributed by atoms with van der Waals surface area (Å²) in [4.78, 5) is 33.3. The van der Waals surface area contributed by atoms with Crippen molar-refractivity contribution in [1.82, 2.24) is 5.32 Å². The Bertz CT molecular complexity index is 597. The Labute approximate surface area is 127 Å². The van der Waals surface area contributed by atoms with Crippen LogP contribution in [0.4, 0.5) is 5.69 Å². The molecule has 0 heterocycles. The van der Waals surface area contributed by atoms with E-state index in [4.69, 9.17) is 9.84 Å². The minimum atomic E-state index is -1.13. The van der Waals surface area contributed by atoms with Crippen LogP contribution in [0.2, 0.25) is 0 Å². The normalized spacial score (nSPS) is 10.9. The topological polar surface area (TPSA) is 119 Å². The highest BCUT2D eigenvalue weighted by Crippen LogP contribution is 2.28. The maximum absolute atomic E-state index is 12.0. The van der Waals surface area contributed by atoms with Gasteiger partial charge in [-0.25, -0.2) is 0 Å². The average Bonchev–Trinajstić information content (AvgIpc) is 2.45. The number of carboxylic acid groups (broad SMARTS) is 1. The van der Waals surface area contributed by atoms with Crippen LogP contribution in [-0.4, -0.2) is 35.1 Å². The molecule has 1 aromatic rings. The van der Waals surface area contributed by atoms with Crippen LogP contribution in [0.3, 0.4) is 0 Å². The second kappa shape index (κ2) is 6.88. The van der Waals surface area contributed by atoms with Gasteiger partial charge in [-0.05, 0) is 32.9 Å². The second-order valence-electron chi connectivity index (χ2n) is 5.24. The van der Waals surface area contributed by atoms with Gasteiger partial charge in [0.2, 0.25) is 0 Å². The van der Waals surface area contributed by atoms with E-state index in [0.29, 0.717) is 0 Å². The zero-order valence-corrected chi connectivity index (χ0v) is 12.6. The number of amides is 1. The number of nitro groups is 1. The molecular formula is C14H18N2O6. The van der Waals surface area contributed by atoms with Crippen molar-refractivity contribution in [3.63, 3.8) is 0 Å². The third-order valence-electron chi connectivity index (χ3n) is 2.99. The van der Waals surface area contributed by atoms with Crippen LogP contribution in [-0.2, 0) is 4.79 Å². The van der Waals surface area contributed by atoms with Gasteiger partial charge in [-0.1, -0.05) is 0 Å². The van der Waals surface area contributed by atoms with E-state index >= 15 is 0 Å². The Hall–Kier alpha value is -2.64. The number of hydrogen-bond donors (Lipinski definition) is 2. The Morgan fingerprint density at radius 3 is 2.55 bits per heavy atom. The second-order valence-corrected chi connectivity index (χ2v) is 5.24. The number of nitrogens with zero attached hydrogens (tertiary/aromatic N) is 1. The van der Waals surface area contributed by atoms with Gasteiger partial charge in [0.1, 0.15) is 0 Å². The molecular weight excluding hydrogens is 292 g/mol. The number of nitro benzene ring substituents is 1. The molecule has 1 rings (SSSR count). The van der Waals surface area contributed by atoms with Crippen molar-refractivity contribution >= 4 is 17.6 Å². The summed E-state index contributed by atoms with van der Waals surface area (Å²) in [6.45, 7) is 4.80. The number of carbonyl (C=O) groups excluding carboxylic acids is 1. The number of carboxylic acids is 1. The number of nitrogens with one attached hydrogen (secondary N) is 1. The molecule has 1 amide bonds. The van der Waals surface area contributed by atoms with Crippen molar-refractivity contribution in [3.05, 3.63) is 33.9 Å². The summed E-state index contributed by atoms with van der Waals surface area (Å²) >= 11 is 0. The van der Waals surface area contributed by atoms with Crippen molar-refractivity contribution < 1.29 is 24.4 Å². The molecule has 120 valence electrons. The van der Waals surface area contributed by atoms with Gasteiger partial charge in [-0.3, -0.25) is 19.7 Å². The number of ether oxygens (including phenoxy) is 1. The van der Waals surface area contributed by atoms with Crippen LogP contribution in [0.5, 0.6) is 5.75 Å². The first-order valence-electron chi connectivity index (χ1n) is 6.62. The molecule has 0 radical (unpaired) electrons. The third-order valence-corrected chi connectivity index (χ3v) is 2.99. The molecule has 0 bridgehead atoms. The van der Waals surface area contributed by atoms with Crippen LogP contribution in [0.25, 0.3) is 0 Å². The summed E-state index contributed by atoms with van der Waals surface area (Å²) in [5.74, 6) is -1.55. The van der Waals surface area contributed by atoms with Gasteiger partial charge >= 0.3 is 11.7 Å². The highest BCUT2D eigenvalue weighted by Gasteiger charge is 2.28. The zero-order chi connectivity index (χ0) is 16.9. The molecule has 0 aliphatic carbocycles. The number of aliphatic carboxylic acids is 1. The van der Waals surface area contributed by atoms with Crippen molar-refractivity contribution in [1.29, 1.82) is 0 Å². The monoisotopic (exact) mass is 310 g/mol. The predicted octanol–water partition coefficient (Wildman–Crippen LogP) is 1.83. The lowest BCUT2D eigenvalue weighted by Gasteiger charge is -2.19. The maximum atomic E-state index is 12.0. The molecule has 8 heteroatoms. The molecule has 0 unspecified atom stereocenters. The summed E-state index contributed by atoms with van der Waals surface area (Å²) < 4.78 is 5.13. The third kappa shape index (κ3) is 4.18. The van der Waals surface area contributed by atoms with E-state index in [-0.39, 0.29) is 30.2 Å². The Balaban J connectivity index is 2.93. The molecule has 0 saturated heterocycles. The first-order valence-corrected chi connectivity index (χ1v) is 6.62. The predicted molar refractivity (Wildman–Crippen MR) is 78.0 cm³/mol. The van der Waals surface area contributed by atoms with Crippen LogP contribution in [0, 0.1) is 15.5 Å². The van der Waals surface area contributed by atoms with E-state index < -0.39 is 22.2 Å². The van der Waals surface area contributed by atoms with E-state index in [1.165, 1.54) is 26.0 Å². The Morgan fingerprint density at radius 2 is 2.05 bits per heavy atom. The summed E-state index contributed by atoms with van der Waals surface area (Å²) in [5, 5.41) is 22.4. The van der Waals surface area contributed by atoms with Gasteiger partial charge in [-0.2, -0.15) is 0 Å². The lowest BCUT2D eigenvalue weighted by Crippen LogP contribution is -2.38. The number of carbonyl (C=O) groups is 2. The minimum Gasteiger partial charge on any atom is -0.487 e. The quantitative estimate of drug-likeness (QED) is 0.586. The van der Waals surface area contributed by atoms with Crippen LogP contribution < -0.4 is 10.1 Å². The molecule has 0 aromatic heterocycles. The first kappa shape index (κ1) is 17.4. The van der Waals surface area contributed by atoms with Gasteiger partial charge in [0.15, 0.2) is 5.75 Å². The van der Waals surface area contributed by atoms with E-state index in [9.17, 15) is 19.7 Å². The first-order chi connectivity index (χ1) is 10.2. The van der Waals surface area contributed by atoms with Crippen molar-refractivity contribution in [2.75, 3.05) is 13.2 Å². The van der Waals surface area contributed by atoms with Crippen molar-refractivity contribution in [3.8, 4) is 5.75 Å². The SMILES string of the molecule is CCOc1ccc(C(=O)NCC(C)(C)C(=O)O)cc1[N+](=O)[O-]. The molecule has 0 aliphatic heterocycles. The summed E-state index contributed by atoms with van der Waals surface area (Å²) in [7, 11) is 0. The molecule has 8 nitrogen and oxygen atoms in total. The molecule has 0 fully saturated rings. The highest BCUT2D eigenvalue weighted by atomic mass is 16.6. The lowest BCUT2D eigenvalue weighted by atomic mass is 9.94. The largest absolute Gasteiger partial charge is 0.487 e. The smallest absolute Gasteiger partial charge is 0.311 e. The molecule has 2 N–H and O–H groups in total. The van der Waals surface area contributed by atoms with Gasteiger partial charge in [0, 0.05) is 18.2 Å². The molecule has 0 aliphatic rings. The number of benzene rings is 1. The Kier molecular flexibility index (Phi) is 5.44. The van der Waals surface area contributed by atoms with Crippen LogP contribution in [0.15, 0.2) is 18.2 Å². The average molecular weight is 310 g/mol. The summed E-state index contributed by atoms with van der Waals surface area (Å²) in [6.07, 6.45) is 0. The van der Waals surface area contributed by atoms with Crippen LogP contribution in [0.1, 0.15) is 31.1 Å². The van der Waals surface area contributed by atoms with Gasteiger partial charge in [0.25, 0.3) is 5.91 Å². The zero-order valence-electron chi connectivity index (χ0n) is 12.6. The molecule has 0 spiro atoms. The van der Waals surface area contributed by atoms with Gasteiger partial charge in [0.05, 0.1) is 16.9 Å². The van der Waals surface area contributed by atoms with Crippen molar-refractivity contribution in [2.45, 2.75) is 20.8 Å². The van der Waals surface area contributed by atoms with E-state index in [2.05, 4.69) is 5.32 Å². The van der Waals surface area contributed by atoms with Crippen LogP contribution >= 0.6 is 0 Å². The fourth-order valence-corrected chi connectivity index (χ4v) is 1.56. The molecule has 0 atom stereocenters. The summed E-state index contributed by atoms with van der Waals surface area (Å²) in [6, 6.07) is 3.84. The minimum absolute atomic E-state index is 0.0661. The molecule has 0 saturated carbocycles. The number of hydrogen-bond acceptors (Lipinski definition) is 5. The Morgan fingerprint density at radius 1 is 1.41 bits per heavy atom. The van der Waals surface area contributed by atoms with Gasteiger partial charge in [-0.15, -0.1) is 0 Å². The highest BCUT2D eigenvalue weighted by molar-refractivity contribution is 5.95. The van der Waals surface area contributed by atoms with Crippen molar-refractivity contribution in [2.24, 2.45) is 5.41 Å². The fourth-order valence-electron chi connectivity index (χ4n) is 1.56. The lowest BCUT2D eigenvalue weighted by molar-refractivity contribution is -0.385. The molecule has 22 heavy (non-hydrogen) atoms. The fraction of sp³-hybridized carbons (Fsp3) is 0.429. The van der Waals surface area contributed by atoms with E-state index in [1.54, 1.807) is 6.92 Å². The van der Waals surface area contributed by atoms with E-state index in [1.807, 2.05) is 0 Å². The molecule has 1 aromatic carbocycles.